The molecular formula is C28H29N. The number of allylic oxidation sites excluding steroid dienone is 7. The topological polar surface area (TPSA) is 12.0 Å². The van der Waals surface area contributed by atoms with Gasteiger partial charge in [-0.2, -0.15) is 0 Å². The van der Waals surface area contributed by atoms with Gasteiger partial charge in [0.05, 0.1) is 0 Å². The summed E-state index contributed by atoms with van der Waals surface area (Å²) in [4.78, 5) is 0. The average Bonchev–Trinajstić information content (AvgIpc) is 2.94. The lowest BCUT2D eigenvalue weighted by molar-refractivity contribution is 0.609. The molecule has 2 aromatic rings. The second kappa shape index (κ2) is 9.78. The van der Waals surface area contributed by atoms with Crippen LogP contribution >= 0.6 is 0 Å². The van der Waals surface area contributed by atoms with Gasteiger partial charge in [0.2, 0.25) is 0 Å². The van der Waals surface area contributed by atoms with E-state index < -0.39 is 0 Å². The fourth-order valence-corrected chi connectivity index (χ4v) is 3.66. The van der Waals surface area contributed by atoms with Crippen molar-refractivity contribution < 1.29 is 0 Å². The summed E-state index contributed by atoms with van der Waals surface area (Å²) in [5, 5.41) is 3.64. The van der Waals surface area contributed by atoms with Crippen LogP contribution in [0.1, 0.15) is 31.4 Å². The lowest BCUT2D eigenvalue weighted by atomic mass is 9.78. The van der Waals surface area contributed by atoms with Gasteiger partial charge in [-0.1, -0.05) is 85.8 Å². The van der Waals surface area contributed by atoms with Crippen LogP contribution in [-0.4, -0.2) is 0 Å². The Morgan fingerprint density at radius 3 is 2.69 bits per heavy atom. The molecule has 1 unspecified atom stereocenters. The van der Waals surface area contributed by atoms with Crippen LogP contribution in [0.25, 0.3) is 0 Å². The van der Waals surface area contributed by atoms with Crippen LogP contribution in [-0.2, 0) is 11.8 Å². The molecule has 0 spiro atoms. The van der Waals surface area contributed by atoms with E-state index in [0.29, 0.717) is 0 Å². The Balaban J connectivity index is 1.87. The van der Waals surface area contributed by atoms with Crippen LogP contribution in [0.15, 0.2) is 121 Å². The standard InChI is InChI=1S/C28H29N/c1-4-14-25(22-23(2)21-24-15-8-7-9-16-24)29-27-18-11-10-17-26(27)28(3)19-12-5-6-13-20-28/h4-5,7-19,22,29H,1,20-21H2,2-3H3/b23-22-,25-14+. The monoisotopic (exact) mass is 379 g/mol. The lowest BCUT2D eigenvalue weighted by Crippen LogP contribution is -2.20. The van der Waals surface area contributed by atoms with Crippen molar-refractivity contribution in [2.45, 2.75) is 32.1 Å². The fourth-order valence-electron chi connectivity index (χ4n) is 3.66. The molecule has 0 aromatic heterocycles. The molecule has 1 N–H and O–H groups in total. The van der Waals surface area contributed by atoms with E-state index >= 15 is 0 Å². The Kier molecular flexibility index (Phi) is 6.89. The first-order valence-corrected chi connectivity index (χ1v) is 10.1. The minimum atomic E-state index is -0.0777. The Morgan fingerprint density at radius 1 is 1.14 bits per heavy atom. The Morgan fingerprint density at radius 2 is 1.90 bits per heavy atom. The quantitative estimate of drug-likeness (QED) is 0.393. The maximum Gasteiger partial charge on any atom is 0.0425 e. The van der Waals surface area contributed by atoms with Gasteiger partial charge in [-0.25, -0.2) is 0 Å². The predicted molar refractivity (Wildman–Crippen MR) is 126 cm³/mol. The molecule has 0 saturated carbocycles. The third-order valence-corrected chi connectivity index (χ3v) is 5.15. The molecule has 0 saturated heterocycles. The fraction of sp³-hybridized carbons (Fsp3) is 0.179. The molecule has 0 heterocycles. The zero-order valence-electron chi connectivity index (χ0n) is 17.4. The van der Waals surface area contributed by atoms with E-state index in [2.05, 4.69) is 110 Å². The van der Waals surface area contributed by atoms with E-state index in [1.807, 2.05) is 18.2 Å². The first-order chi connectivity index (χ1) is 14.1. The molecule has 0 amide bonds. The van der Waals surface area contributed by atoms with E-state index in [1.54, 1.807) is 0 Å². The molecule has 0 radical (unpaired) electrons. The Bertz CT molecular complexity index is 998. The molecule has 0 bridgehead atoms. The summed E-state index contributed by atoms with van der Waals surface area (Å²) in [6, 6.07) is 19.1. The number of hydrogen-bond donors (Lipinski definition) is 1. The molecule has 1 atom stereocenters. The van der Waals surface area contributed by atoms with E-state index in [-0.39, 0.29) is 5.41 Å². The van der Waals surface area contributed by atoms with Gasteiger partial charge in [0.1, 0.15) is 0 Å². The first kappa shape index (κ1) is 20.5. The van der Waals surface area contributed by atoms with Crippen molar-refractivity contribution in [3.63, 3.8) is 0 Å². The highest BCUT2D eigenvalue weighted by Gasteiger charge is 2.25. The summed E-state index contributed by atoms with van der Waals surface area (Å²) >= 11 is 0. The zero-order chi connectivity index (χ0) is 20.5. The first-order valence-electron chi connectivity index (χ1n) is 10.1. The third-order valence-electron chi connectivity index (χ3n) is 5.15. The Labute approximate surface area is 175 Å². The summed E-state index contributed by atoms with van der Waals surface area (Å²) in [6.45, 7) is 8.34. The van der Waals surface area contributed by atoms with Gasteiger partial charge in [-0.05, 0) is 61.3 Å². The minimum absolute atomic E-state index is 0.0777. The van der Waals surface area contributed by atoms with Gasteiger partial charge in [0, 0.05) is 16.8 Å². The smallest absolute Gasteiger partial charge is 0.0425 e. The zero-order valence-corrected chi connectivity index (χ0v) is 17.4. The van der Waals surface area contributed by atoms with Crippen LogP contribution < -0.4 is 5.32 Å². The molecule has 29 heavy (non-hydrogen) atoms. The van der Waals surface area contributed by atoms with Crippen LogP contribution in [0.3, 0.4) is 0 Å². The van der Waals surface area contributed by atoms with Crippen molar-refractivity contribution in [3.05, 3.63) is 132 Å². The van der Waals surface area contributed by atoms with Crippen molar-refractivity contribution in [2.75, 3.05) is 5.32 Å². The van der Waals surface area contributed by atoms with Gasteiger partial charge in [0.15, 0.2) is 0 Å². The summed E-state index contributed by atoms with van der Waals surface area (Å²) in [6.07, 6.45) is 16.3. The number of hydrogen-bond acceptors (Lipinski definition) is 1. The summed E-state index contributed by atoms with van der Waals surface area (Å²) in [5.74, 6) is 0. The second-order valence-electron chi connectivity index (χ2n) is 7.70. The highest BCUT2D eigenvalue weighted by atomic mass is 14.9. The van der Waals surface area contributed by atoms with Gasteiger partial charge >= 0.3 is 0 Å². The van der Waals surface area contributed by atoms with Gasteiger partial charge in [-0.15, -0.1) is 5.73 Å². The van der Waals surface area contributed by atoms with E-state index in [0.717, 1.165) is 24.2 Å². The average molecular weight is 380 g/mol. The van der Waals surface area contributed by atoms with E-state index in [4.69, 9.17) is 0 Å². The maximum absolute atomic E-state index is 3.90. The summed E-state index contributed by atoms with van der Waals surface area (Å²) in [7, 11) is 0. The normalized spacial score (nSPS) is 19.1. The lowest BCUT2D eigenvalue weighted by Gasteiger charge is -2.28. The molecule has 1 heteroatoms. The SMILES string of the molecule is C=C/C=C(\C=C(\C)Cc1ccccc1)Nc1ccccc1C1(C)C=CC=C=CC1. The predicted octanol–water partition coefficient (Wildman–Crippen LogP) is 7.29. The summed E-state index contributed by atoms with van der Waals surface area (Å²) < 4.78 is 0. The molecule has 3 rings (SSSR count). The van der Waals surface area contributed by atoms with Gasteiger partial charge in [-0.3, -0.25) is 0 Å². The van der Waals surface area contributed by atoms with Crippen LogP contribution in [0, 0.1) is 0 Å². The highest BCUT2D eigenvalue weighted by Crippen LogP contribution is 2.36. The highest BCUT2D eigenvalue weighted by molar-refractivity contribution is 5.61. The molecule has 2 aromatic carbocycles. The van der Waals surface area contributed by atoms with Crippen molar-refractivity contribution in [1.82, 2.24) is 0 Å². The molecule has 1 aliphatic carbocycles. The molecule has 1 nitrogen and oxygen atoms in total. The number of benzene rings is 2. The third kappa shape index (κ3) is 5.60. The van der Waals surface area contributed by atoms with Crippen LogP contribution in [0.5, 0.6) is 0 Å². The van der Waals surface area contributed by atoms with E-state index in [1.165, 1.54) is 16.7 Å². The van der Waals surface area contributed by atoms with Crippen molar-refractivity contribution >= 4 is 5.69 Å². The number of rotatable bonds is 7. The molecular weight excluding hydrogens is 350 g/mol. The van der Waals surface area contributed by atoms with Crippen LogP contribution in [0.4, 0.5) is 5.69 Å². The van der Waals surface area contributed by atoms with E-state index in [9.17, 15) is 0 Å². The molecule has 1 aliphatic rings. The van der Waals surface area contributed by atoms with Gasteiger partial charge in [0.25, 0.3) is 0 Å². The van der Waals surface area contributed by atoms with Crippen molar-refractivity contribution in [2.24, 2.45) is 0 Å². The summed E-state index contributed by atoms with van der Waals surface area (Å²) in [5.41, 5.74) is 9.17. The number of anilines is 1. The molecule has 146 valence electrons. The second-order valence-corrected chi connectivity index (χ2v) is 7.70. The maximum atomic E-state index is 3.90. The Hall–Kier alpha value is -3.28. The minimum Gasteiger partial charge on any atom is -0.355 e. The molecule has 0 aliphatic heterocycles. The van der Waals surface area contributed by atoms with Gasteiger partial charge < -0.3 is 5.32 Å². The van der Waals surface area contributed by atoms with Crippen molar-refractivity contribution in [3.8, 4) is 0 Å². The largest absolute Gasteiger partial charge is 0.355 e. The van der Waals surface area contributed by atoms with Crippen molar-refractivity contribution in [1.29, 1.82) is 0 Å². The number of para-hydroxylation sites is 1. The van der Waals surface area contributed by atoms with Crippen LogP contribution in [0.2, 0.25) is 0 Å². The molecule has 0 fully saturated rings. The number of nitrogens with one attached hydrogen (secondary N) is 1.